The maximum Gasteiger partial charge on any atom is 0.0682 e. The second-order valence-corrected chi connectivity index (χ2v) is 8.93. The summed E-state index contributed by atoms with van der Waals surface area (Å²) in [6, 6.07) is 0. The minimum absolute atomic E-state index is 0.913. The second-order valence-electron chi connectivity index (χ2n) is 3.86. The van der Waals surface area contributed by atoms with Crippen molar-refractivity contribution in [2.24, 2.45) is 0 Å². The molecule has 0 atom stereocenters. The molecular formula is C10H18Si. The maximum atomic E-state index is 5.13. The highest BCUT2D eigenvalue weighted by Crippen LogP contribution is 2.04. The Morgan fingerprint density at radius 2 is 2.00 bits per heavy atom. The van der Waals surface area contributed by atoms with Crippen LogP contribution in [0, 0.1) is 12.3 Å². The Hall–Kier alpha value is -0.483. The van der Waals surface area contributed by atoms with Crippen molar-refractivity contribution < 1.29 is 0 Å². The molecule has 0 nitrogen and oxygen atoms in total. The maximum absolute atomic E-state index is 5.13. The third-order valence-corrected chi connectivity index (χ3v) is 2.55. The van der Waals surface area contributed by atoms with Crippen LogP contribution >= 0.6 is 0 Å². The lowest BCUT2D eigenvalue weighted by molar-refractivity contribution is 0.886. The summed E-state index contributed by atoms with van der Waals surface area (Å²) in [6.07, 6.45) is 10.6. The molecule has 11 heavy (non-hydrogen) atoms. The van der Waals surface area contributed by atoms with Crippen molar-refractivity contribution in [2.75, 3.05) is 0 Å². The van der Waals surface area contributed by atoms with Crippen molar-refractivity contribution in [1.82, 2.24) is 0 Å². The summed E-state index contributed by atoms with van der Waals surface area (Å²) < 4.78 is 0. The molecule has 0 aromatic rings. The minimum atomic E-state index is -0.950. The van der Waals surface area contributed by atoms with Gasteiger partial charge in [-0.2, -0.15) is 0 Å². The zero-order valence-corrected chi connectivity index (χ0v) is 8.85. The van der Waals surface area contributed by atoms with Crippen molar-refractivity contribution in [1.29, 1.82) is 0 Å². The molecule has 0 heterocycles. The van der Waals surface area contributed by atoms with Gasteiger partial charge >= 0.3 is 0 Å². The number of rotatable bonds is 4. The quantitative estimate of drug-likeness (QED) is 0.342. The van der Waals surface area contributed by atoms with E-state index in [4.69, 9.17) is 6.42 Å². The van der Waals surface area contributed by atoms with Gasteiger partial charge in [0, 0.05) is 6.42 Å². The molecule has 0 N–H and O–H groups in total. The van der Waals surface area contributed by atoms with Crippen LogP contribution in [-0.2, 0) is 0 Å². The molecule has 1 heteroatoms. The molecule has 0 saturated carbocycles. The number of terminal acetylenes is 1. The van der Waals surface area contributed by atoms with Gasteiger partial charge in [0.2, 0.25) is 0 Å². The zero-order valence-electron chi connectivity index (χ0n) is 7.85. The Morgan fingerprint density at radius 3 is 2.45 bits per heavy atom. The van der Waals surface area contributed by atoms with E-state index in [1.54, 1.807) is 0 Å². The van der Waals surface area contributed by atoms with Crippen molar-refractivity contribution in [3.63, 3.8) is 0 Å². The minimum Gasteiger partial charge on any atom is -0.120 e. The normalized spacial score (nSPS) is 11.8. The number of allylic oxidation sites excluding steroid dienone is 1. The molecule has 0 spiro atoms. The SMILES string of the molecule is C#CCCC/C=C/[Si](C)(C)C. The van der Waals surface area contributed by atoms with E-state index in [0.717, 1.165) is 19.3 Å². The summed E-state index contributed by atoms with van der Waals surface area (Å²) in [5.41, 5.74) is 2.38. The van der Waals surface area contributed by atoms with E-state index in [1.807, 2.05) is 0 Å². The van der Waals surface area contributed by atoms with E-state index < -0.39 is 8.07 Å². The van der Waals surface area contributed by atoms with Crippen LogP contribution in [0.15, 0.2) is 11.8 Å². The van der Waals surface area contributed by atoms with Crippen molar-refractivity contribution in [2.45, 2.75) is 38.9 Å². The van der Waals surface area contributed by atoms with E-state index >= 15 is 0 Å². The second kappa shape index (κ2) is 5.20. The lowest BCUT2D eigenvalue weighted by atomic mass is 10.2. The number of hydrogen-bond acceptors (Lipinski definition) is 0. The molecule has 0 aliphatic rings. The summed E-state index contributed by atoms with van der Waals surface area (Å²) in [7, 11) is -0.950. The monoisotopic (exact) mass is 166 g/mol. The van der Waals surface area contributed by atoms with Gasteiger partial charge in [0.25, 0.3) is 0 Å². The lowest BCUT2D eigenvalue weighted by Gasteiger charge is -2.07. The fourth-order valence-electron chi connectivity index (χ4n) is 0.759. The first-order valence-electron chi connectivity index (χ1n) is 4.17. The van der Waals surface area contributed by atoms with E-state index in [9.17, 15) is 0 Å². The average Bonchev–Trinajstić information content (AvgIpc) is 1.85. The molecular weight excluding hydrogens is 148 g/mol. The van der Waals surface area contributed by atoms with Gasteiger partial charge in [0.1, 0.15) is 0 Å². The smallest absolute Gasteiger partial charge is 0.0682 e. The van der Waals surface area contributed by atoms with Gasteiger partial charge in [-0.1, -0.05) is 31.4 Å². The van der Waals surface area contributed by atoms with Crippen LogP contribution in [0.4, 0.5) is 0 Å². The van der Waals surface area contributed by atoms with E-state index in [1.165, 1.54) is 0 Å². The molecule has 0 saturated heterocycles. The third kappa shape index (κ3) is 9.52. The standard InChI is InChI=1S/C10H18Si/c1-5-6-7-8-9-10-11(2,3)4/h1,9-10H,6-8H2,2-4H3/b10-9+. The van der Waals surface area contributed by atoms with Crippen LogP contribution < -0.4 is 0 Å². The molecule has 0 aromatic carbocycles. The zero-order chi connectivity index (χ0) is 8.74. The van der Waals surface area contributed by atoms with Crippen LogP contribution in [0.5, 0.6) is 0 Å². The molecule has 0 amide bonds. The van der Waals surface area contributed by atoms with Crippen molar-refractivity contribution >= 4 is 8.07 Å². The molecule has 0 unspecified atom stereocenters. The highest BCUT2D eigenvalue weighted by molar-refractivity contribution is 6.80. The van der Waals surface area contributed by atoms with Gasteiger partial charge < -0.3 is 0 Å². The van der Waals surface area contributed by atoms with Crippen LogP contribution in [0.2, 0.25) is 19.6 Å². The Morgan fingerprint density at radius 1 is 1.36 bits per heavy atom. The summed E-state index contributed by atoms with van der Waals surface area (Å²) in [6.45, 7) is 7.01. The Bertz CT molecular complexity index is 155. The van der Waals surface area contributed by atoms with Crippen LogP contribution in [-0.4, -0.2) is 8.07 Å². The summed E-state index contributed by atoms with van der Waals surface area (Å²) in [4.78, 5) is 0. The average molecular weight is 166 g/mol. The van der Waals surface area contributed by atoms with Gasteiger partial charge in [-0.15, -0.1) is 12.3 Å². The molecule has 0 aliphatic carbocycles. The van der Waals surface area contributed by atoms with Crippen LogP contribution in [0.3, 0.4) is 0 Å². The van der Waals surface area contributed by atoms with Gasteiger partial charge in [0.05, 0.1) is 8.07 Å². The Labute approximate surface area is 71.7 Å². The Kier molecular flexibility index (Phi) is 4.98. The van der Waals surface area contributed by atoms with Crippen LogP contribution in [0.25, 0.3) is 0 Å². The first-order valence-corrected chi connectivity index (χ1v) is 7.75. The summed E-state index contributed by atoms with van der Waals surface area (Å²) in [5, 5.41) is 0. The number of hydrogen-bond donors (Lipinski definition) is 0. The first kappa shape index (κ1) is 10.5. The summed E-state index contributed by atoms with van der Waals surface area (Å²) in [5.74, 6) is 2.64. The fraction of sp³-hybridized carbons (Fsp3) is 0.600. The van der Waals surface area contributed by atoms with Gasteiger partial charge in [-0.3, -0.25) is 0 Å². The van der Waals surface area contributed by atoms with Crippen LogP contribution in [0.1, 0.15) is 19.3 Å². The number of unbranched alkanes of at least 4 members (excludes halogenated alkanes) is 2. The lowest BCUT2D eigenvalue weighted by Crippen LogP contribution is -2.15. The van der Waals surface area contributed by atoms with Gasteiger partial charge in [-0.25, -0.2) is 0 Å². The fourth-order valence-corrected chi connectivity index (χ4v) is 1.63. The highest BCUT2D eigenvalue weighted by Gasteiger charge is 2.05. The van der Waals surface area contributed by atoms with Gasteiger partial charge in [-0.05, 0) is 12.8 Å². The largest absolute Gasteiger partial charge is 0.120 e. The molecule has 0 radical (unpaired) electrons. The highest BCUT2D eigenvalue weighted by atomic mass is 28.3. The van der Waals surface area contributed by atoms with Crippen molar-refractivity contribution in [3.8, 4) is 12.3 Å². The molecule has 62 valence electrons. The predicted molar refractivity (Wildman–Crippen MR) is 55.2 cm³/mol. The predicted octanol–water partition coefficient (Wildman–Crippen LogP) is 3.22. The molecule has 0 fully saturated rings. The van der Waals surface area contributed by atoms with E-state index in [-0.39, 0.29) is 0 Å². The molecule has 0 aliphatic heterocycles. The molecule has 0 bridgehead atoms. The Balaban J connectivity index is 3.40. The van der Waals surface area contributed by atoms with E-state index in [2.05, 4.69) is 37.3 Å². The van der Waals surface area contributed by atoms with E-state index in [0.29, 0.717) is 0 Å². The topological polar surface area (TPSA) is 0 Å². The molecule has 0 rings (SSSR count). The first-order chi connectivity index (χ1) is 5.06. The summed E-state index contributed by atoms with van der Waals surface area (Å²) >= 11 is 0. The van der Waals surface area contributed by atoms with Crippen molar-refractivity contribution in [3.05, 3.63) is 11.8 Å². The molecule has 0 aromatic heterocycles. The van der Waals surface area contributed by atoms with Gasteiger partial charge in [0.15, 0.2) is 0 Å². The third-order valence-electron chi connectivity index (χ3n) is 1.31.